The highest BCUT2D eigenvalue weighted by atomic mass is 127. The second kappa shape index (κ2) is 7.58. The van der Waals surface area contributed by atoms with Gasteiger partial charge >= 0.3 is 3.98 Å². The Bertz CT molecular complexity index is 739. The molecule has 0 aromatic carbocycles. The van der Waals surface area contributed by atoms with Crippen molar-refractivity contribution in [2.24, 2.45) is 45.8 Å². The number of carbonyl (C=O) groups is 1. The Labute approximate surface area is 203 Å². The van der Waals surface area contributed by atoms with E-state index in [1.165, 1.54) is 70.6 Å². The summed E-state index contributed by atoms with van der Waals surface area (Å²) in [5.74, 6) is 4.18. The Morgan fingerprint density at radius 3 is 2.13 bits per heavy atom. The summed E-state index contributed by atoms with van der Waals surface area (Å²) in [4.78, 5) is 11.8. The monoisotopic (exact) mass is 542 g/mol. The third kappa shape index (κ3) is 3.30. The first-order valence-electron chi connectivity index (χ1n) is 13.2. The highest BCUT2D eigenvalue weighted by Crippen LogP contribution is 2.69. The van der Waals surface area contributed by atoms with Crippen LogP contribution in [0.25, 0.3) is 0 Å². The lowest BCUT2D eigenvalue weighted by molar-refractivity contribution is -0.502. The molecule has 3 nitrogen and oxygen atoms in total. The highest BCUT2D eigenvalue weighted by Gasteiger charge is 2.65. The Hall–Kier alpha value is 0.160. The van der Waals surface area contributed by atoms with E-state index in [-0.39, 0.29) is 15.5 Å². The lowest BCUT2D eigenvalue weighted by atomic mass is 9.41. The fourth-order valence-corrected chi connectivity index (χ4v) is 11.0. The summed E-state index contributed by atoms with van der Waals surface area (Å²) in [6, 6.07) is 0. The minimum atomic E-state index is -0.130. The van der Waals surface area contributed by atoms with Crippen LogP contribution in [0, 0.1) is 45.8 Å². The number of ether oxygens (including phenoxy) is 1. The van der Waals surface area contributed by atoms with Crippen molar-refractivity contribution in [2.75, 3.05) is 0 Å². The van der Waals surface area contributed by atoms with E-state index < -0.39 is 0 Å². The molecule has 5 rings (SSSR count). The predicted octanol–water partition coefficient (Wildman–Crippen LogP) is 6.78. The smallest absolute Gasteiger partial charge is 0.367 e. The number of rotatable bonds is 1. The molecule has 0 spiro atoms. The van der Waals surface area contributed by atoms with Gasteiger partial charge in [-0.3, -0.25) is 0 Å². The molecule has 0 saturated heterocycles. The maximum Gasteiger partial charge on any atom is 0.367 e. The van der Waals surface area contributed by atoms with Crippen LogP contribution in [0.4, 0.5) is 4.79 Å². The molecule has 9 atom stereocenters. The zero-order chi connectivity index (χ0) is 22.2. The van der Waals surface area contributed by atoms with Gasteiger partial charge in [-0.1, -0.05) is 34.1 Å². The Balaban J connectivity index is 1.47. The van der Waals surface area contributed by atoms with Crippen molar-refractivity contribution >= 4 is 26.6 Å². The topological polar surface area (TPSA) is 53.9 Å². The normalized spacial score (nSPS) is 53.4. The molecule has 1 unspecified atom stereocenters. The zero-order valence-electron chi connectivity index (χ0n) is 20.4. The molecular formula is C27H45INO2+. The standard InChI is InChI=1S/C27H44INO2/c1-24(2)21-9-5-7-17-18(26(21,4)14-12-22(24)31-23(28)30)10-11-19-20-8-6-13-27(20,29)16-15-25(17,19)3/h17-22H,5-16,29H2,1-4H3/p+1/t17-,18-,19?,20+,21-,22-,25-,26+,27-/m0/s1. The summed E-state index contributed by atoms with van der Waals surface area (Å²) in [5.41, 5.74) is 6.21. The van der Waals surface area contributed by atoms with E-state index in [9.17, 15) is 4.79 Å². The van der Waals surface area contributed by atoms with E-state index in [1.54, 1.807) is 0 Å². The quantitative estimate of drug-likeness (QED) is 0.294. The molecule has 4 heteroatoms. The molecule has 5 aliphatic carbocycles. The Kier molecular flexibility index (Phi) is 5.61. The lowest BCUT2D eigenvalue weighted by Gasteiger charge is -2.63. The zero-order valence-corrected chi connectivity index (χ0v) is 22.5. The Morgan fingerprint density at radius 1 is 0.774 bits per heavy atom. The lowest BCUT2D eigenvalue weighted by Crippen LogP contribution is -2.78. The fraction of sp³-hybridized carbons (Fsp3) is 0.963. The van der Waals surface area contributed by atoms with Gasteiger partial charge in [0.15, 0.2) is 0 Å². The van der Waals surface area contributed by atoms with E-state index >= 15 is 0 Å². The molecule has 3 N–H and O–H groups in total. The summed E-state index contributed by atoms with van der Waals surface area (Å²) in [6.45, 7) is 10.2. The fourth-order valence-electron chi connectivity index (χ4n) is 10.7. The van der Waals surface area contributed by atoms with Crippen LogP contribution in [-0.4, -0.2) is 15.6 Å². The van der Waals surface area contributed by atoms with Crippen molar-refractivity contribution in [1.82, 2.24) is 0 Å². The number of halogens is 1. The van der Waals surface area contributed by atoms with E-state index in [4.69, 9.17) is 10.5 Å². The molecule has 5 fully saturated rings. The molecule has 0 amide bonds. The van der Waals surface area contributed by atoms with Crippen LogP contribution in [0.3, 0.4) is 0 Å². The molecule has 0 aliphatic heterocycles. The third-order valence-electron chi connectivity index (χ3n) is 12.2. The van der Waals surface area contributed by atoms with Gasteiger partial charge < -0.3 is 10.5 Å². The van der Waals surface area contributed by atoms with Crippen molar-refractivity contribution in [1.29, 1.82) is 0 Å². The summed E-state index contributed by atoms with van der Waals surface area (Å²) in [5, 5.41) is 0. The van der Waals surface area contributed by atoms with Crippen molar-refractivity contribution < 1.29 is 15.3 Å². The molecule has 0 heterocycles. The van der Waals surface area contributed by atoms with Crippen LogP contribution in [0.5, 0.6) is 0 Å². The summed E-state index contributed by atoms with van der Waals surface area (Å²) in [6.07, 6.45) is 16.3. The number of fused-ring (bicyclic) bond motifs is 7. The molecule has 5 aliphatic rings. The highest BCUT2D eigenvalue weighted by molar-refractivity contribution is 14.1. The van der Waals surface area contributed by atoms with Gasteiger partial charge in [-0.15, -0.1) is 0 Å². The molecule has 0 aromatic rings. The van der Waals surface area contributed by atoms with Crippen molar-refractivity contribution in [3.05, 3.63) is 0 Å². The molecule has 31 heavy (non-hydrogen) atoms. The number of carbonyl (C=O) groups excluding carboxylic acids is 1. The van der Waals surface area contributed by atoms with Crippen LogP contribution in [0.1, 0.15) is 105 Å². The van der Waals surface area contributed by atoms with Gasteiger partial charge in [-0.05, 0) is 92.3 Å². The first-order chi connectivity index (χ1) is 14.5. The SMILES string of the molecule is CC1(C)[C@@H](OC(=O)I)CC[C@]2(C)[C@H]3CCC4[C@H]5CCC[C@]5([NH3+])CC[C@@]4(C)[C@H]3CCC[C@@H]12. The van der Waals surface area contributed by atoms with E-state index in [2.05, 4.69) is 27.7 Å². The average molecular weight is 543 g/mol. The van der Waals surface area contributed by atoms with E-state index in [1.807, 2.05) is 22.6 Å². The predicted molar refractivity (Wildman–Crippen MR) is 133 cm³/mol. The number of hydrogen-bond donors (Lipinski definition) is 1. The molecule has 0 bridgehead atoms. The van der Waals surface area contributed by atoms with Crippen LogP contribution >= 0.6 is 22.6 Å². The summed E-state index contributed by atoms with van der Waals surface area (Å²) >= 11 is 1.82. The molecule has 0 radical (unpaired) electrons. The molecular weight excluding hydrogens is 497 g/mol. The van der Waals surface area contributed by atoms with E-state index in [0.29, 0.717) is 22.3 Å². The van der Waals surface area contributed by atoms with Gasteiger partial charge in [-0.2, -0.15) is 0 Å². The number of hydrogen-bond acceptors (Lipinski definition) is 2. The van der Waals surface area contributed by atoms with Gasteiger partial charge in [0.1, 0.15) is 6.10 Å². The average Bonchev–Trinajstić information content (AvgIpc) is 3.00. The number of quaternary nitrogens is 1. The van der Waals surface area contributed by atoms with Gasteiger partial charge in [0.05, 0.1) is 28.1 Å². The van der Waals surface area contributed by atoms with Crippen LogP contribution in [0.2, 0.25) is 0 Å². The van der Waals surface area contributed by atoms with Crippen LogP contribution in [0.15, 0.2) is 0 Å². The molecule has 0 aromatic heterocycles. The van der Waals surface area contributed by atoms with Gasteiger partial charge in [-0.25, -0.2) is 4.79 Å². The second-order valence-corrected chi connectivity index (χ2v) is 14.3. The van der Waals surface area contributed by atoms with Crippen molar-refractivity contribution in [3.63, 3.8) is 0 Å². The van der Waals surface area contributed by atoms with Gasteiger partial charge in [0.25, 0.3) is 0 Å². The van der Waals surface area contributed by atoms with Gasteiger partial charge in [0.2, 0.25) is 0 Å². The van der Waals surface area contributed by atoms with E-state index in [0.717, 1.165) is 30.1 Å². The maximum atomic E-state index is 11.8. The van der Waals surface area contributed by atoms with Crippen molar-refractivity contribution in [2.45, 2.75) is 116 Å². The summed E-state index contributed by atoms with van der Waals surface area (Å²) in [7, 11) is 0. The second-order valence-electron chi connectivity index (χ2n) is 13.5. The molecule has 5 saturated carbocycles. The summed E-state index contributed by atoms with van der Waals surface area (Å²) < 4.78 is 5.75. The van der Waals surface area contributed by atoms with Crippen LogP contribution < -0.4 is 5.73 Å². The van der Waals surface area contributed by atoms with Gasteiger partial charge in [0, 0.05) is 24.2 Å². The molecule has 176 valence electrons. The largest absolute Gasteiger partial charge is 0.454 e. The van der Waals surface area contributed by atoms with Crippen molar-refractivity contribution in [3.8, 4) is 0 Å². The minimum absolute atomic E-state index is 0.0704. The Morgan fingerprint density at radius 2 is 1.42 bits per heavy atom. The maximum absolute atomic E-state index is 11.8. The minimum Gasteiger partial charge on any atom is -0.454 e. The third-order valence-corrected chi connectivity index (χ3v) is 12.4. The first-order valence-corrected chi connectivity index (χ1v) is 14.3. The van der Waals surface area contributed by atoms with Crippen LogP contribution in [-0.2, 0) is 4.74 Å². The first kappa shape index (κ1) is 22.9.